The lowest BCUT2D eigenvalue weighted by Gasteiger charge is -2.09. The zero-order chi connectivity index (χ0) is 17.5. The Kier molecular flexibility index (Phi) is 7.01. The Morgan fingerprint density at radius 2 is 2.12 bits per heavy atom. The number of benzene rings is 1. The highest BCUT2D eigenvalue weighted by atomic mass is 35.5. The lowest BCUT2D eigenvalue weighted by molar-refractivity contribution is -0.139. The molecule has 0 saturated carbocycles. The molecule has 0 spiro atoms. The van der Waals surface area contributed by atoms with Crippen LogP contribution < -0.4 is 5.32 Å². The number of esters is 1. The van der Waals surface area contributed by atoms with Gasteiger partial charge in [-0.2, -0.15) is 0 Å². The number of hydrogen-bond acceptors (Lipinski definition) is 7. The van der Waals surface area contributed by atoms with Crippen molar-refractivity contribution >= 4 is 51.7 Å². The van der Waals surface area contributed by atoms with Gasteiger partial charge in [0.15, 0.2) is 5.01 Å². The number of ether oxygens (including phenoxy) is 1. The molecule has 1 atom stereocenters. The fraction of sp³-hybridized carbons (Fsp3) is 0.333. The molecule has 6 nitrogen and oxygen atoms in total. The van der Waals surface area contributed by atoms with Gasteiger partial charge in [-0.1, -0.05) is 41.1 Å². The molecule has 1 aromatic carbocycles. The molecule has 0 aliphatic carbocycles. The van der Waals surface area contributed by atoms with Crippen molar-refractivity contribution in [2.24, 2.45) is 0 Å². The van der Waals surface area contributed by atoms with Gasteiger partial charge in [-0.15, -0.1) is 22.0 Å². The molecule has 1 heterocycles. The van der Waals surface area contributed by atoms with Crippen molar-refractivity contribution in [3.63, 3.8) is 0 Å². The maximum atomic E-state index is 12.1. The number of aromatic nitrogens is 2. The summed E-state index contributed by atoms with van der Waals surface area (Å²) in [5, 5.41) is 11.9. The number of hydrogen-bond donors (Lipinski definition) is 1. The average Bonchev–Trinajstić information content (AvgIpc) is 3.01. The third kappa shape index (κ3) is 5.19. The van der Waals surface area contributed by atoms with Crippen molar-refractivity contribution in [3.05, 3.63) is 29.3 Å². The minimum Gasteiger partial charge on any atom is -0.465 e. The van der Waals surface area contributed by atoms with Crippen LogP contribution in [0.2, 0.25) is 5.02 Å². The molecule has 2 aromatic rings. The molecular weight excluding hydrogens is 370 g/mol. The maximum absolute atomic E-state index is 12.1. The number of rotatable bonds is 7. The molecule has 0 fully saturated rings. The van der Waals surface area contributed by atoms with Gasteiger partial charge in [0.2, 0.25) is 11.0 Å². The van der Waals surface area contributed by atoms with Crippen LogP contribution in [0.3, 0.4) is 0 Å². The van der Waals surface area contributed by atoms with E-state index in [0.29, 0.717) is 21.8 Å². The molecule has 0 saturated heterocycles. The predicted molar refractivity (Wildman–Crippen MR) is 97.5 cm³/mol. The number of carbonyl (C=O) groups is 2. The van der Waals surface area contributed by atoms with Gasteiger partial charge in [-0.3, -0.25) is 14.9 Å². The standard InChI is InChI=1S/C15H16ClN3O3S2/c1-3-22-12(20)8-23-9(2)13(21)17-15-19-18-14(24-15)10-6-4-5-7-11(10)16/h4-7,9H,3,8H2,1-2H3,(H,17,19,21). The molecule has 24 heavy (non-hydrogen) atoms. The van der Waals surface area contributed by atoms with Gasteiger partial charge in [0.05, 0.1) is 22.6 Å². The van der Waals surface area contributed by atoms with Crippen molar-refractivity contribution in [2.75, 3.05) is 17.7 Å². The van der Waals surface area contributed by atoms with Crippen molar-refractivity contribution in [2.45, 2.75) is 19.1 Å². The number of halogens is 1. The van der Waals surface area contributed by atoms with E-state index in [9.17, 15) is 9.59 Å². The van der Waals surface area contributed by atoms with E-state index in [4.69, 9.17) is 16.3 Å². The first-order valence-corrected chi connectivity index (χ1v) is 9.42. The third-order valence-electron chi connectivity index (χ3n) is 2.89. The fourth-order valence-electron chi connectivity index (χ4n) is 1.70. The zero-order valence-corrected chi connectivity index (χ0v) is 15.5. The highest BCUT2D eigenvalue weighted by molar-refractivity contribution is 8.01. The van der Waals surface area contributed by atoms with Crippen LogP contribution in [0, 0.1) is 0 Å². The number of anilines is 1. The summed E-state index contributed by atoms with van der Waals surface area (Å²) in [6.45, 7) is 3.79. The SMILES string of the molecule is CCOC(=O)CSC(C)C(=O)Nc1nnc(-c2ccccc2Cl)s1. The molecule has 9 heteroatoms. The van der Waals surface area contributed by atoms with Crippen LogP contribution in [0.1, 0.15) is 13.8 Å². The van der Waals surface area contributed by atoms with Gasteiger partial charge in [0.25, 0.3) is 0 Å². The van der Waals surface area contributed by atoms with Crippen LogP contribution >= 0.6 is 34.7 Å². The summed E-state index contributed by atoms with van der Waals surface area (Å²) in [6, 6.07) is 7.30. The molecule has 0 aliphatic heterocycles. The monoisotopic (exact) mass is 385 g/mol. The van der Waals surface area contributed by atoms with Crippen LogP contribution in [0.25, 0.3) is 10.6 Å². The highest BCUT2D eigenvalue weighted by Gasteiger charge is 2.18. The first-order chi connectivity index (χ1) is 11.5. The number of nitrogens with zero attached hydrogens (tertiary/aromatic N) is 2. The Hall–Kier alpha value is -1.64. The van der Waals surface area contributed by atoms with Gasteiger partial charge in [0.1, 0.15) is 0 Å². The molecule has 0 radical (unpaired) electrons. The van der Waals surface area contributed by atoms with Crippen molar-refractivity contribution < 1.29 is 14.3 Å². The van der Waals surface area contributed by atoms with E-state index < -0.39 is 5.25 Å². The normalized spacial score (nSPS) is 11.8. The zero-order valence-electron chi connectivity index (χ0n) is 13.1. The number of nitrogens with one attached hydrogen (secondary N) is 1. The summed E-state index contributed by atoms with van der Waals surface area (Å²) in [6.07, 6.45) is 0. The van der Waals surface area contributed by atoms with E-state index in [-0.39, 0.29) is 17.6 Å². The van der Waals surface area contributed by atoms with Gasteiger partial charge in [-0.05, 0) is 19.9 Å². The molecule has 0 bridgehead atoms. The largest absolute Gasteiger partial charge is 0.465 e. The quantitative estimate of drug-likeness (QED) is 0.735. The summed E-state index contributed by atoms with van der Waals surface area (Å²) in [4.78, 5) is 23.4. The summed E-state index contributed by atoms with van der Waals surface area (Å²) in [5.41, 5.74) is 0.766. The minimum atomic E-state index is -0.415. The summed E-state index contributed by atoms with van der Waals surface area (Å²) in [7, 11) is 0. The van der Waals surface area contributed by atoms with Crippen LogP contribution in [-0.4, -0.2) is 39.7 Å². The molecule has 1 amide bonds. The van der Waals surface area contributed by atoms with Crippen LogP contribution in [-0.2, 0) is 14.3 Å². The van der Waals surface area contributed by atoms with E-state index in [1.165, 1.54) is 23.1 Å². The maximum Gasteiger partial charge on any atom is 0.315 e. The fourth-order valence-corrected chi connectivity index (χ4v) is 3.44. The van der Waals surface area contributed by atoms with E-state index >= 15 is 0 Å². The Labute approximate surface area is 153 Å². The molecule has 1 unspecified atom stereocenters. The Morgan fingerprint density at radius 1 is 1.38 bits per heavy atom. The van der Waals surface area contributed by atoms with Gasteiger partial charge < -0.3 is 4.74 Å². The second-order valence-electron chi connectivity index (χ2n) is 4.64. The first-order valence-electron chi connectivity index (χ1n) is 7.17. The molecular formula is C15H16ClN3O3S2. The average molecular weight is 386 g/mol. The molecule has 128 valence electrons. The van der Waals surface area contributed by atoms with Gasteiger partial charge in [0, 0.05) is 5.56 Å². The summed E-state index contributed by atoms with van der Waals surface area (Å²) >= 11 is 8.57. The van der Waals surface area contributed by atoms with E-state index in [1.807, 2.05) is 18.2 Å². The summed E-state index contributed by atoms with van der Waals surface area (Å²) in [5.74, 6) is -0.450. The molecule has 1 N–H and O–H groups in total. The Morgan fingerprint density at radius 3 is 2.83 bits per heavy atom. The smallest absolute Gasteiger partial charge is 0.315 e. The number of thioether (sulfide) groups is 1. The van der Waals surface area contributed by atoms with E-state index in [0.717, 1.165) is 5.56 Å². The minimum absolute atomic E-state index is 0.128. The van der Waals surface area contributed by atoms with Gasteiger partial charge >= 0.3 is 5.97 Å². The van der Waals surface area contributed by atoms with Gasteiger partial charge in [-0.25, -0.2) is 0 Å². The van der Waals surface area contributed by atoms with Crippen LogP contribution in [0.4, 0.5) is 5.13 Å². The topological polar surface area (TPSA) is 81.2 Å². The second kappa shape index (κ2) is 9.00. The second-order valence-corrected chi connectivity index (χ2v) is 7.35. The number of amides is 1. The molecule has 2 rings (SSSR count). The molecule has 0 aliphatic rings. The van der Waals surface area contributed by atoms with Crippen molar-refractivity contribution in [1.29, 1.82) is 0 Å². The Balaban J connectivity index is 1.93. The van der Waals surface area contributed by atoms with Crippen LogP contribution in [0.15, 0.2) is 24.3 Å². The van der Waals surface area contributed by atoms with Crippen molar-refractivity contribution in [3.8, 4) is 10.6 Å². The van der Waals surface area contributed by atoms with Crippen molar-refractivity contribution in [1.82, 2.24) is 10.2 Å². The first kappa shape index (κ1) is 18.7. The summed E-state index contributed by atoms with van der Waals surface area (Å²) < 4.78 is 4.83. The van der Waals surface area contributed by atoms with E-state index in [2.05, 4.69) is 15.5 Å². The van der Waals surface area contributed by atoms with Crippen LogP contribution in [0.5, 0.6) is 0 Å². The third-order valence-corrected chi connectivity index (χ3v) is 5.20. The molecule has 1 aromatic heterocycles. The highest BCUT2D eigenvalue weighted by Crippen LogP contribution is 2.31. The lowest BCUT2D eigenvalue weighted by Crippen LogP contribution is -2.24. The Bertz CT molecular complexity index is 723. The number of carbonyl (C=O) groups excluding carboxylic acids is 2. The lowest BCUT2D eigenvalue weighted by atomic mass is 10.2. The van der Waals surface area contributed by atoms with E-state index in [1.54, 1.807) is 19.9 Å². The predicted octanol–water partition coefficient (Wildman–Crippen LogP) is 3.48.